The summed E-state index contributed by atoms with van der Waals surface area (Å²) < 4.78 is 0. The summed E-state index contributed by atoms with van der Waals surface area (Å²) in [5, 5.41) is 3.71. The van der Waals surface area contributed by atoms with Gasteiger partial charge in [0.25, 0.3) is 5.91 Å². The van der Waals surface area contributed by atoms with Gasteiger partial charge in [-0.2, -0.15) is 0 Å². The van der Waals surface area contributed by atoms with Crippen LogP contribution in [-0.4, -0.2) is 25.0 Å². The van der Waals surface area contributed by atoms with E-state index in [1.165, 1.54) is 17.7 Å². The zero-order valence-corrected chi connectivity index (χ0v) is 13.0. The van der Waals surface area contributed by atoms with Crippen molar-refractivity contribution in [2.75, 3.05) is 13.1 Å². The van der Waals surface area contributed by atoms with Crippen molar-refractivity contribution in [2.45, 2.75) is 39.3 Å². The van der Waals surface area contributed by atoms with Crippen molar-refractivity contribution in [1.82, 2.24) is 5.32 Å². The van der Waals surface area contributed by atoms with Crippen LogP contribution in [0.2, 0.25) is 5.02 Å². The number of benzene rings is 1. The molecule has 1 saturated heterocycles. The molecule has 2 rings (SSSR count). The Hall–Kier alpha value is -1.06. The molecule has 0 bridgehead atoms. The SMILES string of the molecule is CC1CC[NH+]([C@@H](C)C(=O)NCc2ccccc2Cl)CC1. The van der Waals surface area contributed by atoms with E-state index in [0.29, 0.717) is 11.6 Å². The molecule has 110 valence electrons. The van der Waals surface area contributed by atoms with E-state index >= 15 is 0 Å². The van der Waals surface area contributed by atoms with Crippen molar-refractivity contribution >= 4 is 17.5 Å². The van der Waals surface area contributed by atoms with E-state index in [2.05, 4.69) is 12.2 Å². The molecule has 1 aliphatic rings. The molecular formula is C16H24ClN2O+. The largest absolute Gasteiger partial charge is 0.347 e. The van der Waals surface area contributed by atoms with Crippen LogP contribution in [0, 0.1) is 5.92 Å². The first kappa shape index (κ1) is 15.3. The highest BCUT2D eigenvalue weighted by Crippen LogP contribution is 2.14. The molecule has 1 aromatic carbocycles. The lowest BCUT2D eigenvalue weighted by Gasteiger charge is -2.31. The van der Waals surface area contributed by atoms with Gasteiger partial charge in [-0.15, -0.1) is 0 Å². The monoisotopic (exact) mass is 295 g/mol. The van der Waals surface area contributed by atoms with Gasteiger partial charge in [0.15, 0.2) is 6.04 Å². The summed E-state index contributed by atoms with van der Waals surface area (Å²) in [5.74, 6) is 0.923. The molecular weight excluding hydrogens is 272 g/mol. The van der Waals surface area contributed by atoms with Crippen molar-refractivity contribution in [1.29, 1.82) is 0 Å². The third-order valence-corrected chi connectivity index (χ3v) is 4.70. The van der Waals surface area contributed by atoms with Gasteiger partial charge in [-0.05, 0) is 37.3 Å². The van der Waals surface area contributed by atoms with Gasteiger partial charge in [-0.25, -0.2) is 0 Å². The van der Waals surface area contributed by atoms with E-state index in [1.807, 2.05) is 31.2 Å². The van der Waals surface area contributed by atoms with E-state index in [4.69, 9.17) is 11.6 Å². The molecule has 0 unspecified atom stereocenters. The highest BCUT2D eigenvalue weighted by Gasteiger charge is 2.28. The number of carbonyl (C=O) groups excluding carboxylic acids is 1. The number of hydrogen-bond donors (Lipinski definition) is 2. The van der Waals surface area contributed by atoms with Crippen LogP contribution in [-0.2, 0) is 11.3 Å². The van der Waals surface area contributed by atoms with Gasteiger partial charge in [-0.3, -0.25) is 4.79 Å². The average Bonchev–Trinajstić information content (AvgIpc) is 2.46. The lowest BCUT2D eigenvalue weighted by Crippen LogP contribution is -3.17. The number of carbonyl (C=O) groups is 1. The molecule has 20 heavy (non-hydrogen) atoms. The Morgan fingerprint density at radius 2 is 2.05 bits per heavy atom. The summed E-state index contributed by atoms with van der Waals surface area (Å²) in [4.78, 5) is 13.6. The summed E-state index contributed by atoms with van der Waals surface area (Å²) in [6.07, 6.45) is 2.44. The lowest BCUT2D eigenvalue weighted by molar-refractivity contribution is -0.920. The molecule has 4 heteroatoms. The normalized spacial score (nSPS) is 24.1. The number of likely N-dealkylation sites (tertiary alicyclic amines) is 1. The Morgan fingerprint density at radius 3 is 2.70 bits per heavy atom. The minimum Gasteiger partial charge on any atom is -0.347 e. The number of halogens is 1. The molecule has 0 spiro atoms. The van der Waals surface area contributed by atoms with E-state index < -0.39 is 0 Å². The predicted molar refractivity (Wildman–Crippen MR) is 81.9 cm³/mol. The van der Waals surface area contributed by atoms with E-state index in [-0.39, 0.29) is 11.9 Å². The standard InChI is InChI=1S/C16H23ClN2O/c1-12-7-9-19(10-8-12)13(2)16(20)18-11-14-5-3-4-6-15(14)17/h3-6,12-13H,7-11H2,1-2H3,(H,18,20)/p+1/t13-/m0/s1. The Morgan fingerprint density at radius 1 is 1.40 bits per heavy atom. The maximum Gasteiger partial charge on any atom is 0.278 e. The summed E-state index contributed by atoms with van der Waals surface area (Å²) in [5.41, 5.74) is 0.969. The van der Waals surface area contributed by atoms with Crippen LogP contribution in [0.4, 0.5) is 0 Å². The van der Waals surface area contributed by atoms with Crippen molar-refractivity contribution in [2.24, 2.45) is 5.92 Å². The van der Waals surface area contributed by atoms with Crippen molar-refractivity contribution in [3.8, 4) is 0 Å². The summed E-state index contributed by atoms with van der Waals surface area (Å²) in [6, 6.07) is 7.65. The molecule has 1 atom stereocenters. The van der Waals surface area contributed by atoms with Crippen LogP contribution in [0.3, 0.4) is 0 Å². The first-order chi connectivity index (χ1) is 9.58. The first-order valence-corrected chi connectivity index (χ1v) is 7.81. The molecule has 0 aliphatic carbocycles. The number of hydrogen-bond acceptors (Lipinski definition) is 1. The minimum absolute atomic E-state index is 0.0185. The van der Waals surface area contributed by atoms with Crippen molar-refractivity contribution < 1.29 is 9.69 Å². The molecule has 3 nitrogen and oxygen atoms in total. The number of rotatable bonds is 4. The second-order valence-electron chi connectivity index (χ2n) is 5.87. The maximum atomic E-state index is 12.2. The van der Waals surface area contributed by atoms with Crippen LogP contribution in [0.25, 0.3) is 0 Å². The smallest absolute Gasteiger partial charge is 0.278 e. The zero-order chi connectivity index (χ0) is 14.5. The maximum absolute atomic E-state index is 12.2. The fourth-order valence-electron chi connectivity index (χ4n) is 2.73. The van der Waals surface area contributed by atoms with Gasteiger partial charge in [-0.1, -0.05) is 36.7 Å². The predicted octanol–water partition coefficient (Wildman–Crippen LogP) is 1.66. The van der Waals surface area contributed by atoms with E-state index in [1.54, 1.807) is 0 Å². The van der Waals surface area contributed by atoms with Gasteiger partial charge >= 0.3 is 0 Å². The molecule has 0 aromatic heterocycles. The topological polar surface area (TPSA) is 33.5 Å². The second kappa shape index (κ2) is 7.09. The average molecular weight is 296 g/mol. The quantitative estimate of drug-likeness (QED) is 0.870. The Labute approximate surface area is 126 Å². The summed E-state index contributed by atoms with van der Waals surface area (Å²) in [7, 11) is 0. The third-order valence-electron chi connectivity index (χ3n) is 4.33. The van der Waals surface area contributed by atoms with Gasteiger partial charge < -0.3 is 10.2 Å². The molecule has 1 aliphatic heterocycles. The molecule has 0 saturated carbocycles. The van der Waals surface area contributed by atoms with Crippen LogP contribution in [0.1, 0.15) is 32.3 Å². The van der Waals surface area contributed by atoms with Gasteiger partial charge in [0.1, 0.15) is 0 Å². The number of nitrogens with one attached hydrogen (secondary N) is 2. The van der Waals surface area contributed by atoms with Crippen molar-refractivity contribution in [3.63, 3.8) is 0 Å². The Bertz CT molecular complexity index is 456. The fourth-order valence-corrected chi connectivity index (χ4v) is 2.93. The highest BCUT2D eigenvalue weighted by molar-refractivity contribution is 6.31. The second-order valence-corrected chi connectivity index (χ2v) is 6.28. The number of amides is 1. The number of quaternary nitrogens is 1. The minimum atomic E-state index is 0.0185. The van der Waals surface area contributed by atoms with E-state index in [9.17, 15) is 4.79 Å². The molecule has 2 N–H and O–H groups in total. The van der Waals surface area contributed by atoms with E-state index in [0.717, 1.165) is 24.6 Å². The molecule has 0 radical (unpaired) electrons. The third kappa shape index (κ3) is 3.97. The van der Waals surface area contributed by atoms with Crippen LogP contribution in [0.5, 0.6) is 0 Å². The van der Waals surface area contributed by atoms with Crippen LogP contribution in [0.15, 0.2) is 24.3 Å². The lowest BCUT2D eigenvalue weighted by atomic mass is 9.98. The highest BCUT2D eigenvalue weighted by atomic mass is 35.5. The van der Waals surface area contributed by atoms with Gasteiger partial charge in [0.2, 0.25) is 0 Å². The van der Waals surface area contributed by atoms with Gasteiger partial charge in [0.05, 0.1) is 13.1 Å². The molecule has 1 fully saturated rings. The molecule has 1 aromatic rings. The first-order valence-electron chi connectivity index (χ1n) is 7.43. The molecule has 1 amide bonds. The van der Waals surface area contributed by atoms with Gasteiger partial charge in [0, 0.05) is 11.6 Å². The Balaban J connectivity index is 1.84. The van der Waals surface area contributed by atoms with Crippen LogP contribution < -0.4 is 10.2 Å². The molecule has 1 heterocycles. The Kier molecular flexibility index (Phi) is 5.44. The fraction of sp³-hybridized carbons (Fsp3) is 0.562. The summed E-state index contributed by atoms with van der Waals surface area (Å²) >= 11 is 6.10. The zero-order valence-electron chi connectivity index (χ0n) is 12.3. The number of piperidine rings is 1. The van der Waals surface area contributed by atoms with Crippen molar-refractivity contribution in [3.05, 3.63) is 34.9 Å². The van der Waals surface area contributed by atoms with Crippen LogP contribution >= 0.6 is 11.6 Å². The summed E-state index contributed by atoms with van der Waals surface area (Å²) in [6.45, 7) is 7.02.